The average molecular weight is 374 g/mol. The molecule has 140 valence electrons. The smallest absolute Gasteiger partial charge is 0.331 e. The molecule has 0 spiro atoms. The van der Waals surface area contributed by atoms with Crippen molar-refractivity contribution in [2.45, 2.75) is 0 Å². The summed E-state index contributed by atoms with van der Waals surface area (Å²) in [7, 11) is 1.36. The lowest BCUT2D eigenvalue weighted by molar-refractivity contribution is -0.384. The van der Waals surface area contributed by atoms with Crippen molar-refractivity contribution in [3.8, 4) is 5.75 Å². The molecule has 0 unspecified atom stereocenters. The molecule has 0 aliphatic rings. The standard InChI is InChI=1S/C18H15FN2O6/c1-26-14-7-8-15(16(10-14)21(24)25)20-17(22)11-27-18(23)9-4-12-2-5-13(19)6-3-12/h2-10H,11H2,1H3,(H,20,22)/b9-4+. The molecule has 0 fully saturated rings. The van der Waals surface area contributed by atoms with Crippen LogP contribution in [0.3, 0.4) is 0 Å². The molecule has 1 N–H and O–H groups in total. The first kappa shape index (κ1) is 19.6. The number of anilines is 1. The summed E-state index contributed by atoms with van der Waals surface area (Å²) in [6.45, 7) is -0.629. The van der Waals surface area contributed by atoms with Gasteiger partial charge in [0.1, 0.15) is 17.3 Å². The zero-order valence-electron chi connectivity index (χ0n) is 14.2. The van der Waals surface area contributed by atoms with Gasteiger partial charge in [-0.3, -0.25) is 14.9 Å². The Bertz CT molecular complexity index is 880. The topological polar surface area (TPSA) is 108 Å². The van der Waals surface area contributed by atoms with Crippen molar-refractivity contribution in [2.75, 3.05) is 19.0 Å². The van der Waals surface area contributed by atoms with E-state index in [1.807, 2.05) is 0 Å². The van der Waals surface area contributed by atoms with E-state index in [-0.39, 0.29) is 17.1 Å². The van der Waals surface area contributed by atoms with Crippen LogP contribution >= 0.6 is 0 Å². The molecule has 0 aromatic heterocycles. The largest absolute Gasteiger partial charge is 0.496 e. The molecule has 0 bridgehead atoms. The summed E-state index contributed by atoms with van der Waals surface area (Å²) < 4.78 is 22.4. The normalized spacial score (nSPS) is 10.4. The molecule has 2 aromatic rings. The predicted octanol–water partition coefficient (Wildman–Crippen LogP) is 2.94. The van der Waals surface area contributed by atoms with E-state index in [9.17, 15) is 24.1 Å². The lowest BCUT2D eigenvalue weighted by Crippen LogP contribution is -2.20. The molecule has 0 aliphatic heterocycles. The van der Waals surface area contributed by atoms with Gasteiger partial charge in [-0.05, 0) is 35.9 Å². The van der Waals surface area contributed by atoms with E-state index in [2.05, 4.69) is 5.32 Å². The SMILES string of the molecule is COc1ccc(NC(=O)COC(=O)/C=C/c2ccc(F)cc2)c([N+](=O)[O-])c1. The summed E-state index contributed by atoms with van der Waals surface area (Å²) >= 11 is 0. The van der Waals surface area contributed by atoms with Gasteiger partial charge in [-0.15, -0.1) is 0 Å². The number of nitrogens with zero attached hydrogens (tertiary/aromatic N) is 1. The van der Waals surface area contributed by atoms with Crippen molar-refractivity contribution < 1.29 is 28.4 Å². The molecule has 0 aliphatic carbocycles. The fourth-order valence-corrected chi connectivity index (χ4v) is 2.00. The number of benzene rings is 2. The Kier molecular flexibility index (Phi) is 6.59. The molecule has 2 rings (SSSR count). The Morgan fingerprint density at radius 3 is 2.56 bits per heavy atom. The summed E-state index contributed by atoms with van der Waals surface area (Å²) in [5.74, 6) is -1.68. The van der Waals surface area contributed by atoms with Gasteiger partial charge in [-0.25, -0.2) is 9.18 Å². The van der Waals surface area contributed by atoms with E-state index in [1.165, 1.54) is 49.6 Å². The van der Waals surface area contributed by atoms with Crippen molar-refractivity contribution in [3.63, 3.8) is 0 Å². The third-order valence-electron chi connectivity index (χ3n) is 3.30. The van der Waals surface area contributed by atoms with Gasteiger partial charge in [0.15, 0.2) is 6.61 Å². The maximum absolute atomic E-state index is 12.8. The highest BCUT2D eigenvalue weighted by Gasteiger charge is 2.17. The number of ether oxygens (including phenoxy) is 2. The first-order valence-electron chi connectivity index (χ1n) is 7.61. The summed E-state index contributed by atoms with van der Waals surface area (Å²) in [4.78, 5) is 33.8. The van der Waals surface area contributed by atoms with Crippen LogP contribution in [0.25, 0.3) is 6.08 Å². The van der Waals surface area contributed by atoms with Crippen molar-refractivity contribution in [2.24, 2.45) is 0 Å². The first-order chi connectivity index (χ1) is 12.9. The first-order valence-corrected chi connectivity index (χ1v) is 7.61. The number of halogens is 1. The molecule has 0 heterocycles. The second kappa shape index (κ2) is 9.09. The van der Waals surface area contributed by atoms with Crippen LogP contribution in [0.2, 0.25) is 0 Å². The number of hydrogen-bond acceptors (Lipinski definition) is 6. The van der Waals surface area contributed by atoms with Crippen LogP contribution in [0.1, 0.15) is 5.56 Å². The van der Waals surface area contributed by atoms with E-state index in [0.717, 1.165) is 12.1 Å². The molecule has 0 saturated heterocycles. The van der Waals surface area contributed by atoms with Crippen LogP contribution in [0.4, 0.5) is 15.8 Å². The minimum Gasteiger partial charge on any atom is -0.496 e. The van der Waals surface area contributed by atoms with E-state index < -0.39 is 29.2 Å². The van der Waals surface area contributed by atoms with Gasteiger partial charge in [0.25, 0.3) is 11.6 Å². The van der Waals surface area contributed by atoms with Gasteiger partial charge in [-0.1, -0.05) is 12.1 Å². The van der Waals surface area contributed by atoms with Gasteiger partial charge in [0, 0.05) is 6.08 Å². The average Bonchev–Trinajstić information content (AvgIpc) is 2.66. The monoisotopic (exact) mass is 374 g/mol. The highest BCUT2D eigenvalue weighted by molar-refractivity contribution is 5.96. The van der Waals surface area contributed by atoms with Crippen molar-refractivity contribution in [3.05, 3.63) is 70.0 Å². The van der Waals surface area contributed by atoms with E-state index in [4.69, 9.17) is 9.47 Å². The van der Waals surface area contributed by atoms with Gasteiger partial charge in [0.2, 0.25) is 0 Å². The summed E-state index contributed by atoms with van der Waals surface area (Å²) in [5, 5.41) is 13.4. The van der Waals surface area contributed by atoms with Crippen LogP contribution in [-0.4, -0.2) is 30.5 Å². The zero-order chi connectivity index (χ0) is 19.8. The number of nitro groups is 1. The van der Waals surface area contributed by atoms with Crippen LogP contribution in [-0.2, 0) is 14.3 Å². The van der Waals surface area contributed by atoms with Crippen molar-refractivity contribution >= 4 is 29.3 Å². The van der Waals surface area contributed by atoms with Crippen LogP contribution in [0, 0.1) is 15.9 Å². The van der Waals surface area contributed by atoms with Crippen LogP contribution in [0.5, 0.6) is 5.75 Å². The lowest BCUT2D eigenvalue weighted by Gasteiger charge is -2.07. The van der Waals surface area contributed by atoms with Gasteiger partial charge in [0.05, 0.1) is 18.1 Å². The number of rotatable bonds is 7. The van der Waals surface area contributed by atoms with Crippen LogP contribution < -0.4 is 10.1 Å². The van der Waals surface area contributed by atoms with E-state index >= 15 is 0 Å². The maximum atomic E-state index is 12.8. The number of carbonyl (C=O) groups is 2. The summed E-state index contributed by atoms with van der Waals surface area (Å²) in [6, 6.07) is 9.32. The molecular formula is C18H15FN2O6. The number of hydrogen-bond donors (Lipinski definition) is 1. The number of esters is 1. The Balaban J connectivity index is 1.91. The highest BCUT2D eigenvalue weighted by Crippen LogP contribution is 2.28. The Labute approximate surface area is 153 Å². The second-order valence-electron chi connectivity index (χ2n) is 5.18. The molecule has 0 atom stereocenters. The van der Waals surface area contributed by atoms with Gasteiger partial charge < -0.3 is 14.8 Å². The number of nitrogens with one attached hydrogen (secondary N) is 1. The fraction of sp³-hybridized carbons (Fsp3) is 0.111. The fourth-order valence-electron chi connectivity index (χ4n) is 2.00. The maximum Gasteiger partial charge on any atom is 0.331 e. The molecular weight excluding hydrogens is 359 g/mol. The molecule has 0 saturated carbocycles. The third kappa shape index (κ3) is 5.92. The van der Waals surface area contributed by atoms with E-state index in [0.29, 0.717) is 5.56 Å². The summed E-state index contributed by atoms with van der Waals surface area (Å²) in [5.41, 5.74) is 0.167. The molecule has 1 amide bonds. The van der Waals surface area contributed by atoms with Crippen molar-refractivity contribution in [1.29, 1.82) is 0 Å². The van der Waals surface area contributed by atoms with E-state index in [1.54, 1.807) is 0 Å². The summed E-state index contributed by atoms with van der Waals surface area (Å²) in [6.07, 6.45) is 2.48. The van der Waals surface area contributed by atoms with Gasteiger partial charge >= 0.3 is 5.97 Å². The second-order valence-corrected chi connectivity index (χ2v) is 5.18. The minimum atomic E-state index is -0.793. The Morgan fingerprint density at radius 2 is 1.93 bits per heavy atom. The highest BCUT2D eigenvalue weighted by atomic mass is 19.1. The van der Waals surface area contributed by atoms with Crippen molar-refractivity contribution in [1.82, 2.24) is 0 Å². The van der Waals surface area contributed by atoms with Crippen LogP contribution in [0.15, 0.2) is 48.5 Å². The third-order valence-corrected chi connectivity index (χ3v) is 3.30. The van der Waals surface area contributed by atoms with Gasteiger partial charge in [-0.2, -0.15) is 0 Å². The molecule has 8 nitrogen and oxygen atoms in total. The number of nitro benzene ring substituents is 1. The quantitative estimate of drug-likeness (QED) is 0.345. The number of carbonyl (C=O) groups excluding carboxylic acids is 2. The predicted molar refractivity (Wildman–Crippen MR) is 94.7 cm³/mol. The molecule has 0 radical (unpaired) electrons. The Morgan fingerprint density at radius 1 is 1.22 bits per heavy atom. The molecule has 9 heteroatoms. The molecule has 2 aromatic carbocycles. The Hall–Kier alpha value is -3.75. The lowest BCUT2D eigenvalue weighted by atomic mass is 10.2. The minimum absolute atomic E-state index is 0.0521. The number of amides is 1. The molecule has 27 heavy (non-hydrogen) atoms. The zero-order valence-corrected chi connectivity index (χ0v) is 14.2. The number of methoxy groups -OCH3 is 1.